The number of hydrogen-bond donors (Lipinski definition) is 1. The highest BCUT2D eigenvalue weighted by Crippen LogP contribution is 2.21. The second kappa shape index (κ2) is 4.02. The van der Waals surface area contributed by atoms with Crippen LogP contribution < -0.4 is 0 Å². The molecular weight excluding hydrogens is 214 g/mol. The zero-order valence-electron chi connectivity index (χ0n) is 8.56. The lowest BCUT2D eigenvalue weighted by Crippen LogP contribution is -2.07. The lowest BCUT2D eigenvalue weighted by molar-refractivity contribution is 0.205. The summed E-state index contributed by atoms with van der Waals surface area (Å²) < 4.78 is 27.3. The van der Waals surface area contributed by atoms with Crippen molar-refractivity contribution in [2.24, 2.45) is 7.05 Å². The summed E-state index contributed by atoms with van der Waals surface area (Å²) in [5, 5.41) is 9.90. The van der Waals surface area contributed by atoms with Crippen molar-refractivity contribution in [3.05, 3.63) is 53.6 Å². The Balaban J connectivity index is 2.38. The molecule has 1 atom stereocenters. The molecule has 5 heteroatoms. The van der Waals surface area contributed by atoms with Gasteiger partial charge in [-0.05, 0) is 17.7 Å². The van der Waals surface area contributed by atoms with Crippen LogP contribution in [-0.4, -0.2) is 14.7 Å². The van der Waals surface area contributed by atoms with E-state index in [2.05, 4.69) is 4.98 Å². The maximum Gasteiger partial charge on any atom is 0.159 e. The number of benzene rings is 1. The number of aliphatic hydroxyl groups is 1. The molecule has 0 bridgehead atoms. The van der Waals surface area contributed by atoms with Crippen molar-refractivity contribution in [1.29, 1.82) is 0 Å². The van der Waals surface area contributed by atoms with Crippen LogP contribution in [0.4, 0.5) is 8.78 Å². The third-order valence-corrected chi connectivity index (χ3v) is 2.36. The first-order chi connectivity index (χ1) is 7.59. The maximum atomic E-state index is 13.0. The second-order valence-electron chi connectivity index (χ2n) is 3.47. The van der Waals surface area contributed by atoms with Crippen molar-refractivity contribution >= 4 is 0 Å². The molecule has 16 heavy (non-hydrogen) atoms. The van der Waals surface area contributed by atoms with Crippen molar-refractivity contribution in [3.8, 4) is 0 Å². The average Bonchev–Trinajstić information content (AvgIpc) is 2.67. The molecule has 1 heterocycles. The largest absolute Gasteiger partial charge is 0.380 e. The monoisotopic (exact) mass is 224 g/mol. The molecule has 0 aliphatic carbocycles. The van der Waals surface area contributed by atoms with Gasteiger partial charge in [0.2, 0.25) is 0 Å². The highest BCUT2D eigenvalue weighted by molar-refractivity contribution is 5.24. The molecular formula is C11H10F2N2O. The van der Waals surface area contributed by atoms with Gasteiger partial charge in [0, 0.05) is 19.4 Å². The van der Waals surface area contributed by atoms with Crippen LogP contribution in [-0.2, 0) is 7.05 Å². The standard InChI is InChI=1S/C11H10F2N2O/c1-15-5-4-14-11(15)10(16)7-2-3-8(12)9(13)6-7/h2-6,10,16H,1H3. The normalized spacial score (nSPS) is 12.8. The van der Waals surface area contributed by atoms with Crippen LogP contribution in [0.5, 0.6) is 0 Å². The Labute approximate surface area is 91.0 Å². The van der Waals surface area contributed by atoms with Gasteiger partial charge in [-0.25, -0.2) is 13.8 Å². The molecule has 0 aliphatic heterocycles. The van der Waals surface area contributed by atoms with Gasteiger partial charge >= 0.3 is 0 Å². The van der Waals surface area contributed by atoms with E-state index in [4.69, 9.17) is 0 Å². The van der Waals surface area contributed by atoms with Gasteiger partial charge in [0.05, 0.1) is 0 Å². The van der Waals surface area contributed by atoms with E-state index >= 15 is 0 Å². The third kappa shape index (κ3) is 1.81. The van der Waals surface area contributed by atoms with Crippen LogP contribution >= 0.6 is 0 Å². The predicted octanol–water partition coefficient (Wildman–Crippen LogP) is 1.78. The molecule has 2 rings (SSSR count). The lowest BCUT2D eigenvalue weighted by Gasteiger charge is -2.10. The molecule has 0 amide bonds. The van der Waals surface area contributed by atoms with E-state index in [0.717, 1.165) is 12.1 Å². The van der Waals surface area contributed by atoms with Crippen molar-refractivity contribution < 1.29 is 13.9 Å². The van der Waals surface area contributed by atoms with Gasteiger partial charge in [-0.2, -0.15) is 0 Å². The fraction of sp³-hybridized carbons (Fsp3) is 0.182. The predicted molar refractivity (Wildman–Crippen MR) is 53.6 cm³/mol. The molecule has 0 spiro atoms. The molecule has 3 nitrogen and oxygen atoms in total. The van der Waals surface area contributed by atoms with Crippen molar-refractivity contribution in [3.63, 3.8) is 0 Å². The zero-order valence-corrected chi connectivity index (χ0v) is 8.56. The van der Waals surface area contributed by atoms with Crippen LogP contribution in [0, 0.1) is 11.6 Å². The summed E-state index contributed by atoms with van der Waals surface area (Å²) in [4.78, 5) is 3.94. The maximum absolute atomic E-state index is 13.0. The fourth-order valence-electron chi connectivity index (χ4n) is 1.47. The molecule has 0 saturated carbocycles. The molecule has 2 aromatic rings. The van der Waals surface area contributed by atoms with Gasteiger partial charge in [0.1, 0.15) is 11.9 Å². The van der Waals surface area contributed by atoms with Gasteiger partial charge in [-0.1, -0.05) is 6.07 Å². The number of rotatable bonds is 2. The van der Waals surface area contributed by atoms with E-state index in [-0.39, 0.29) is 5.56 Å². The van der Waals surface area contributed by atoms with E-state index in [1.54, 1.807) is 17.8 Å². The first-order valence-corrected chi connectivity index (χ1v) is 4.70. The fourth-order valence-corrected chi connectivity index (χ4v) is 1.47. The van der Waals surface area contributed by atoms with Gasteiger partial charge in [0.15, 0.2) is 11.6 Å². The number of aliphatic hydroxyl groups excluding tert-OH is 1. The quantitative estimate of drug-likeness (QED) is 0.844. The van der Waals surface area contributed by atoms with E-state index < -0.39 is 17.7 Å². The third-order valence-electron chi connectivity index (χ3n) is 2.36. The van der Waals surface area contributed by atoms with E-state index in [1.165, 1.54) is 12.3 Å². The molecule has 1 N–H and O–H groups in total. The van der Waals surface area contributed by atoms with Crippen molar-refractivity contribution in [1.82, 2.24) is 9.55 Å². The Hall–Kier alpha value is -1.75. The number of nitrogens with zero attached hydrogens (tertiary/aromatic N) is 2. The Morgan fingerprint density at radius 2 is 2.06 bits per heavy atom. The number of aromatic nitrogens is 2. The smallest absolute Gasteiger partial charge is 0.159 e. The Morgan fingerprint density at radius 1 is 1.31 bits per heavy atom. The summed E-state index contributed by atoms with van der Waals surface area (Å²) in [6, 6.07) is 3.28. The summed E-state index contributed by atoms with van der Waals surface area (Å²) in [5.74, 6) is -1.53. The molecule has 1 aromatic carbocycles. The number of hydrogen-bond acceptors (Lipinski definition) is 2. The molecule has 0 aliphatic rings. The summed E-state index contributed by atoms with van der Waals surface area (Å²) in [6.07, 6.45) is 2.13. The minimum absolute atomic E-state index is 0.271. The summed E-state index contributed by atoms with van der Waals surface area (Å²) >= 11 is 0. The highest BCUT2D eigenvalue weighted by Gasteiger charge is 2.16. The van der Waals surface area contributed by atoms with E-state index in [1.807, 2.05) is 0 Å². The van der Waals surface area contributed by atoms with Gasteiger partial charge in [0.25, 0.3) is 0 Å². The molecule has 0 radical (unpaired) electrons. The Morgan fingerprint density at radius 3 is 2.62 bits per heavy atom. The summed E-state index contributed by atoms with van der Waals surface area (Å²) in [6.45, 7) is 0. The zero-order chi connectivity index (χ0) is 11.7. The lowest BCUT2D eigenvalue weighted by atomic mass is 10.1. The Bertz CT molecular complexity index is 510. The molecule has 84 valence electrons. The number of halogens is 2. The highest BCUT2D eigenvalue weighted by atomic mass is 19.2. The van der Waals surface area contributed by atoms with Crippen molar-refractivity contribution in [2.45, 2.75) is 6.10 Å². The molecule has 1 unspecified atom stereocenters. The minimum atomic E-state index is -1.06. The molecule has 1 aromatic heterocycles. The minimum Gasteiger partial charge on any atom is -0.380 e. The number of aryl methyl sites for hydroxylation is 1. The Kier molecular flexibility index (Phi) is 2.70. The molecule has 0 fully saturated rings. The summed E-state index contributed by atoms with van der Waals surface area (Å²) in [7, 11) is 1.71. The topological polar surface area (TPSA) is 38.0 Å². The average molecular weight is 224 g/mol. The van der Waals surface area contributed by atoms with Crippen LogP contribution in [0.15, 0.2) is 30.6 Å². The van der Waals surface area contributed by atoms with Crippen molar-refractivity contribution in [2.75, 3.05) is 0 Å². The van der Waals surface area contributed by atoms with Gasteiger partial charge in [-0.15, -0.1) is 0 Å². The first kappa shape index (κ1) is 10.8. The molecule has 0 saturated heterocycles. The summed E-state index contributed by atoms with van der Waals surface area (Å²) in [5.41, 5.74) is 0.271. The van der Waals surface area contributed by atoms with Crippen LogP contribution in [0.2, 0.25) is 0 Å². The van der Waals surface area contributed by atoms with Crippen LogP contribution in [0.3, 0.4) is 0 Å². The van der Waals surface area contributed by atoms with E-state index in [0.29, 0.717) is 5.82 Å². The van der Waals surface area contributed by atoms with Crippen LogP contribution in [0.25, 0.3) is 0 Å². The second-order valence-corrected chi connectivity index (χ2v) is 3.47. The SMILES string of the molecule is Cn1ccnc1C(O)c1ccc(F)c(F)c1. The van der Waals surface area contributed by atoms with Gasteiger partial charge in [-0.3, -0.25) is 0 Å². The first-order valence-electron chi connectivity index (χ1n) is 4.70. The van der Waals surface area contributed by atoms with Crippen LogP contribution in [0.1, 0.15) is 17.5 Å². The van der Waals surface area contributed by atoms with Gasteiger partial charge < -0.3 is 9.67 Å². The van der Waals surface area contributed by atoms with E-state index in [9.17, 15) is 13.9 Å². The number of imidazole rings is 1.